The molecule has 1 aliphatic rings. The molecule has 12 nitrogen and oxygen atoms in total. The van der Waals surface area contributed by atoms with Gasteiger partial charge in [0, 0.05) is 34.7 Å². The van der Waals surface area contributed by atoms with Crippen LogP contribution in [-0.2, 0) is 14.3 Å². The van der Waals surface area contributed by atoms with Crippen molar-refractivity contribution in [1.29, 1.82) is 0 Å². The summed E-state index contributed by atoms with van der Waals surface area (Å²) in [6.45, 7) is 1.26. The van der Waals surface area contributed by atoms with Crippen molar-refractivity contribution in [2.24, 2.45) is 0 Å². The van der Waals surface area contributed by atoms with Gasteiger partial charge in [-0.1, -0.05) is 53.7 Å². The van der Waals surface area contributed by atoms with E-state index in [2.05, 4.69) is 36.2 Å². The van der Waals surface area contributed by atoms with Crippen LogP contribution in [0.25, 0.3) is 21.8 Å². The van der Waals surface area contributed by atoms with Crippen LogP contribution in [-0.4, -0.2) is 55.7 Å². The number of allylic oxidation sites excluding steroid dienone is 3. The predicted octanol–water partition coefficient (Wildman–Crippen LogP) is 4.66. The molecule has 0 unspecified atom stereocenters. The number of esters is 1. The van der Waals surface area contributed by atoms with Crippen LogP contribution in [0.5, 0.6) is 0 Å². The van der Waals surface area contributed by atoms with Crippen LogP contribution in [0, 0.1) is 6.92 Å². The number of aromatic nitrogens is 5. The molecule has 0 aliphatic heterocycles. The van der Waals surface area contributed by atoms with Crippen molar-refractivity contribution in [2.45, 2.75) is 24.8 Å². The van der Waals surface area contributed by atoms with Gasteiger partial charge in [0.15, 0.2) is 18.1 Å². The first kappa shape index (κ1) is 28.4. The quantitative estimate of drug-likeness (QED) is 0.142. The molecule has 2 aromatic carbocycles. The molecule has 6 rings (SSSR count). The van der Waals surface area contributed by atoms with E-state index in [0.29, 0.717) is 17.6 Å². The molecule has 0 radical (unpaired) electrons. The van der Waals surface area contributed by atoms with Gasteiger partial charge < -0.3 is 19.9 Å². The number of hydrogen-bond donors (Lipinski definition) is 4. The molecule has 0 bridgehead atoms. The molecular formula is C29H27N7O5S. The molecule has 0 fully saturated rings. The summed E-state index contributed by atoms with van der Waals surface area (Å²) in [5, 5.41) is 25.6. The molecule has 3 aromatic heterocycles. The van der Waals surface area contributed by atoms with Crippen LogP contribution < -0.4 is 10.6 Å². The third kappa shape index (κ3) is 7.31. The van der Waals surface area contributed by atoms with Gasteiger partial charge in [0.05, 0.1) is 11.0 Å². The van der Waals surface area contributed by atoms with Gasteiger partial charge in [0.2, 0.25) is 5.91 Å². The van der Waals surface area contributed by atoms with E-state index < -0.39 is 18.5 Å². The average Bonchev–Trinajstić information content (AvgIpc) is 3.80. The minimum atomic E-state index is -0.677. The number of amides is 2. The van der Waals surface area contributed by atoms with Crippen LogP contribution >= 0.6 is 11.8 Å². The van der Waals surface area contributed by atoms with Crippen LogP contribution in [0.2, 0.25) is 0 Å². The van der Waals surface area contributed by atoms with Gasteiger partial charge in [-0.15, -0.1) is 11.8 Å². The smallest absolute Gasteiger partial charge is 0.359 e. The Morgan fingerprint density at radius 1 is 0.976 bits per heavy atom. The minimum Gasteiger partial charge on any atom is -0.451 e. The molecule has 1 aliphatic carbocycles. The lowest BCUT2D eigenvalue weighted by Gasteiger charge is -2.03. The standard InChI is InChI=1S/C15H15N3OS.C14H12N4O4/c19-14(16-11-5-1-2-6-11)9-10-20-15-12-7-3-4-8-13(12)17-18-15;1-8-6-11(18-22-8)15-12(19)7-21-14(20)13-9-4-2-3-5-10(9)16-17-13/h1,3-8H,2,9-10H2,(H,16,19)(H,17,18);2-6H,7H2,1H3,(H,16,17)(H,15,18,19). The van der Waals surface area contributed by atoms with Gasteiger partial charge in [-0.25, -0.2) is 4.79 Å². The fourth-order valence-electron chi connectivity index (χ4n) is 3.99. The first-order valence-corrected chi connectivity index (χ1v) is 14.0. The highest BCUT2D eigenvalue weighted by molar-refractivity contribution is 7.99. The van der Waals surface area contributed by atoms with Crippen LogP contribution in [0.15, 0.2) is 88.1 Å². The SMILES string of the molecule is Cc1cc(NC(=O)COC(=O)c2n[nH]c3ccccc23)no1.O=C(CCSc1n[nH]c2ccccc12)NC1=CCC=C1. The fourth-order valence-corrected chi connectivity index (χ4v) is 4.91. The molecule has 4 N–H and O–H groups in total. The molecule has 3 heterocycles. The number of carbonyl (C=O) groups is 3. The van der Waals surface area contributed by atoms with E-state index in [9.17, 15) is 14.4 Å². The molecule has 214 valence electrons. The summed E-state index contributed by atoms with van der Waals surface area (Å²) >= 11 is 1.60. The summed E-state index contributed by atoms with van der Waals surface area (Å²) in [4.78, 5) is 35.4. The number of ether oxygens (including phenoxy) is 1. The van der Waals surface area contributed by atoms with Crippen molar-refractivity contribution in [2.75, 3.05) is 17.7 Å². The number of fused-ring (bicyclic) bond motifs is 2. The largest absolute Gasteiger partial charge is 0.451 e. The molecule has 42 heavy (non-hydrogen) atoms. The highest BCUT2D eigenvalue weighted by atomic mass is 32.2. The molecule has 2 amide bonds. The van der Waals surface area contributed by atoms with Gasteiger partial charge in [-0.05, 0) is 31.6 Å². The number of carbonyl (C=O) groups excluding carboxylic acids is 3. The predicted molar refractivity (Wildman–Crippen MR) is 158 cm³/mol. The van der Waals surface area contributed by atoms with Crippen LogP contribution in [0.1, 0.15) is 29.1 Å². The monoisotopic (exact) mass is 585 g/mol. The Bertz CT molecular complexity index is 1780. The average molecular weight is 586 g/mol. The molecule has 0 atom stereocenters. The Hall–Kier alpha value is -5.17. The number of para-hydroxylation sites is 2. The zero-order valence-electron chi connectivity index (χ0n) is 22.5. The molecule has 0 saturated heterocycles. The van der Waals surface area contributed by atoms with E-state index in [1.165, 1.54) is 0 Å². The Morgan fingerprint density at radius 2 is 1.71 bits per heavy atom. The topological polar surface area (TPSA) is 168 Å². The second kappa shape index (κ2) is 13.5. The number of anilines is 1. The second-order valence-corrected chi connectivity index (χ2v) is 10.2. The summed E-state index contributed by atoms with van der Waals surface area (Å²) in [5.74, 6) is 0.414. The molecule has 13 heteroatoms. The number of aryl methyl sites for hydroxylation is 1. The summed E-state index contributed by atoms with van der Waals surface area (Å²) < 4.78 is 9.75. The molecular weight excluding hydrogens is 558 g/mol. The number of rotatable bonds is 9. The first-order valence-electron chi connectivity index (χ1n) is 13.0. The Morgan fingerprint density at radius 3 is 2.45 bits per heavy atom. The molecule has 5 aromatic rings. The van der Waals surface area contributed by atoms with Crippen molar-refractivity contribution in [3.63, 3.8) is 0 Å². The van der Waals surface area contributed by atoms with Crippen molar-refractivity contribution in [1.82, 2.24) is 30.9 Å². The zero-order valence-corrected chi connectivity index (χ0v) is 23.4. The number of aromatic amines is 2. The summed E-state index contributed by atoms with van der Waals surface area (Å²) in [5.41, 5.74) is 2.79. The normalized spacial score (nSPS) is 12.1. The lowest BCUT2D eigenvalue weighted by atomic mass is 10.2. The van der Waals surface area contributed by atoms with Crippen molar-refractivity contribution in [3.05, 3.63) is 90.0 Å². The van der Waals surface area contributed by atoms with E-state index in [0.717, 1.165) is 39.3 Å². The highest BCUT2D eigenvalue weighted by Crippen LogP contribution is 2.25. The Kier molecular flexibility index (Phi) is 9.09. The lowest BCUT2D eigenvalue weighted by molar-refractivity contribution is -0.120. The van der Waals surface area contributed by atoms with Crippen LogP contribution in [0.3, 0.4) is 0 Å². The number of nitrogens with zero attached hydrogens (tertiary/aromatic N) is 3. The van der Waals surface area contributed by atoms with Crippen molar-refractivity contribution in [3.8, 4) is 0 Å². The van der Waals surface area contributed by atoms with Gasteiger partial charge in [-0.3, -0.25) is 19.8 Å². The summed E-state index contributed by atoms with van der Waals surface area (Å²) in [7, 11) is 0. The number of hydrogen-bond acceptors (Lipinski definition) is 9. The number of benzene rings is 2. The lowest BCUT2D eigenvalue weighted by Crippen LogP contribution is -2.21. The molecule has 0 saturated carbocycles. The van der Waals surface area contributed by atoms with E-state index >= 15 is 0 Å². The van der Waals surface area contributed by atoms with Crippen molar-refractivity contribution >= 4 is 57.2 Å². The Labute approximate surface area is 243 Å². The van der Waals surface area contributed by atoms with E-state index in [1.807, 2.05) is 48.6 Å². The maximum absolute atomic E-state index is 12.0. The number of nitrogens with one attached hydrogen (secondary N) is 4. The third-order valence-corrected chi connectivity index (χ3v) is 6.94. The maximum atomic E-state index is 12.0. The fraction of sp³-hybridized carbons (Fsp3) is 0.172. The summed E-state index contributed by atoms with van der Waals surface area (Å²) in [6, 6.07) is 16.7. The highest BCUT2D eigenvalue weighted by Gasteiger charge is 2.17. The zero-order chi connectivity index (χ0) is 29.3. The van der Waals surface area contributed by atoms with E-state index in [4.69, 9.17) is 9.26 Å². The van der Waals surface area contributed by atoms with Gasteiger partial charge in [0.25, 0.3) is 5.91 Å². The van der Waals surface area contributed by atoms with Gasteiger partial charge in [-0.2, -0.15) is 10.2 Å². The first-order chi connectivity index (χ1) is 20.5. The maximum Gasteiger partial charge on any atom is 0.359 e. The van der Waals surface area contributed by atoms with E-state index in [1.54, 1.807) is 43.0 Å². The molecule has 0 spiro atoms. The second-order valence-electron chi connectivity index (χ2n) is 9.08. The van der Waals surface area contributed by atoms with Crippen molar-refractivity contribution < 1.29 is 23.6 Å². The summed E-state index contributed by atoms with van der Waals surface area (Å²) in [6.07, 6.45) is 7.36. The van der Waals surface area contributed by atoms with Gasteiger partial charge >= 0.3 is 5.97 Å². The number of thioether (sulfide) groups is 1. The van der Waals surface area contributed by atoms with E-state index in [-0.39, 0.29) is 17.4 Å². The minimum absolute atomic E-state index is 0.0511. The number of H-pyrrole nitrogens is 2. The van der Waals surface area contributed by atoms with Gasteiger partial charge in [0.1, 0.15) is 10.8 Å². The Balaban J connectivity index is 0.000000169. The third-order valence-electron chi connectivity index (χ3n) is 5.95. The van der Waals surface area contributed by atoms with Crippen LogP contribution in [0.4, 0.5) is 5.82 Å².